The molecule has 0 saturated heterocycles. The Morgan fingerprint density at radius 3 is 2.59 bits per heavy atom. The number of hydrogen-bond donors (Lipinski definition) is 1. The van der Waals surface area contributed by atoms with Gasteiger partial charge in [0.2, 0.25) is 0 Å². The van der Waals surface area contributed by atoms with Crippen molar-refractivity contribution in [3.63, 3.8) is 0 Å². The summed E-state index contributed by atoms with van der Waals surface area (Å²) in [6, 6.07) is 2.69. The molecular weight excluding hydrogens is 256 g/mol. The molecule has 0 aliphatic heterocycles. The fourth-order valence-electron chi connectivity index (χ4n) is 1.01. The number of hydrogen-bond acceptors (Lipinski definition) is 2. The van der Waals surface area contributed by atoms with Crippen molar-refractivity contribution in [3.8, 4) is 17.6 Å². The average molecular weight is 264 g/mol. The highest BCUT2D eigenvalue weighted by molar-refractivity contribution is 7.80. The summed E-state index contributed by atoms with van der Waals surface area (Å²) >= 11 is 3.90. The molecule has 0 radical (unpaired) electrons. The molecule has 0 aromatic heterocycles. The van der Waals surface area contributed by atoms with Crippen molar-refractivity contribution >= 4 is 12.6 Å². The van der Waals surface area contributed by atoms with Gasteiger partial charge in [-0.3, -0.25) is 0 Å². The van der Waals surface area contributed by atoms with Crippen LogP contribution in [0.15, 0.2) is 18.2 Å². The third kappa shape index (κ3) is 5.00. The molecule has 0 amide bonds. The highest BCUT2D eigenvalue weighted by atomic mass is 32.1. The van der Waals surface area contributed by atoms with E-state index >= 15 is 0 Å². The van der Waals surface area contributed by atoms with Gasteiger partial charge in [-0.2, -0.15) is 12.6 Å². The zero-order valence-corrected chi connectivity index (χ0v) is 9.41. The Morgan fingerprint density at radius 2 is 2.00 bits per heavy atom. The third-order valence-electron chi connectivity index (χ3n) is 1.63. The van der Waals surface area contributed by atoms with Gasteiger partial charge in [-0.1, -0.05) is 11.8 Å². The lowest BCUT2D eigenvalue weighted by Gasteiger charge is -2.08. The highest BCUT2D eigenvalue weighted by Gasteiger charge is 2.31. The molecule has 0 unspecified atom stereocenters. The van der Waals surface area contributed by atoms with Crippen molar-refractivity contribution in [3.05, 3.63) is 29.6 Å². The normalized spacial score (nSPS) is 10.6. The van der Waals surface area contributed by atoms with Crippen LogP contribution in [0.3, 0.4) is 0 Å². The van der Waals surface area contributed by atoms with E-state index in [1.165, 1.54) is 0 Å². The standard InChI is InChI=1S/C11H8F4OS/c12-10-5-4-9(16-11(13,14)15)7-8(10)3-1-2-6-17/h4-5,7,17H,2,6H2. The van der Waals surface area contributed by atoms with Gasteiger partial charge in [-0.15, -0.1) is 13.2 Å². The lowest BCUT2D eigenvalue weighted by Crippen LogP contribution is -2.17. The maximum absolute atomic E-state index is 13.2. The predicted molar refractivity (Wildman–Crippen MR) is 58.4 cm³/mol. The second-order valence-corrected chi connectivity index (χ2v) is 3.41. The number of halogens is 4. The quantitative estimate of drug-likeness (QED) is 0.489. The van der Waals surface area contributed by atoms with Crippen LogP contribution >= 0.6 is 12.6 Å². The van der Waals surface area contributed by atoms with Crippen molar-refractivity contribution in [1.29, 1.82) is 0 Å². The van der Waals surface area contributed by atoms with Crippen molar-refractivity contribution in [2.45, 2.75) is 12.8 Å². The van der Waals surface area contributed by atoms with Gasteiger partial charge in [0.15, 0.2) is 0 Å². The maximum atomic E-state index is 13.2. The molecule has 0 fully saturated rings. The van der Waals surface area contributed by atoms with Gasteiger partial charge >= 0.3 is 6.36 Å². The number of thiol groups is 1. The van der Waals surface area contributed by atoms with E-state index in [0.717, 1.165) is 18.2 Å². The van der Waals surface area contributed by atoms with E-state index in [0.29, 0.717) is 12.2 Å². The largest absolute Gasteiger partial charge is 0.573 e. The monoisotopic (exact) mass is 264 g/mol. The fraction of sp³-hybridized carbons (Fsp3) is 0.273. The molecule has 0 spiro atoms. The number of alkyl halides is 3. The summed E-state index contributed by atoms with van der Waals surface area (Å²) < 4.78 is 52.6. The minimum absolute atomic E-state index is 0.131. The summed E-state index contributed by atoms with van der Waals surface area (Å²) in [6.07, 6.45) is -4.37. The SMILES string of the molecule is Fc1ccc(OC(F)(F)F)cc1C#CCCS. The molecule has 1 rings (SSSR count). The second-order valence-electron chi connectivity index (χ2n) is 2.96. The molecule has 0 N–H and O–H groups in total. The first-order valence-electron chi connectivity index (χ1n) is 4.57. The van der Waals surface area contributed by atoms with Gasteiger partial charge in [-0.05, 0) is 18.2 Å². The van der Waals surface area contributed by atoms with E-state index in [1.807, 2.05) is 0 Å². The lowest BCUT2D eigenvalue weighted by atomic mass is 10.2. The molecule has 1 aromatic carbocycles. The van der Waals surface area contributed by atoms with Gasteiger partial charge in [0.1, 0.15) is 11.6 Å². The van der Waals surface area contributed by atoms with Crippen molar-refractivity contribution in [2.24, 2.45) is 0 Å². The zero-order chi connectivity index (χ0) is 12.9. The van der Waals surface area contributed by atoms with E-state index < -0.39 is 17.9 Å². The van der Waals surface area contributed by atoms with Crippen LogP contribution < -0.4 is 4.74 Å². The molecule has 1 aromatic rings. The minimum Gasteiger partial charge on any atom is -0.406 e. The van der Waals surface area contributed by atoms with Crippen LogP contribution in [-0.4, -0.2) is 12.1 Å². The Kier molecular flexibility index (Phi) is 4.70. The van der Waals surface area contributed by atoms with Gasteiger partial charge in [-0.25, -0.2) is 4.39 Å². The van der Waals surface area contributed by atoms with Gasteiger partial charge in [0.25, 0.3) is 0 Å². The summed E-state index contributed by atoms with van der Waals surface area (Å²) in [5, 5.41) is 0. The van der Waals surface area contributed by atoms with Crippen LogP contribution in [0, 0.1) is 17.7 Å². The van der Waals surface area contributed by atoms with Crippen molar-refractivity contribution < 1.29 is 22.3 Å². The Labute approximate surface area is 101 Å². The first-order chi connectivity index (χ1) is 7.92. The van der Waals surface area contributed by atoms with E-state index in [-0.39, 0.29) is 5.56 Å². The third-order valence-corrected chi connectivity index (χ3v) is 1.85. The number of benzene rings is 1. The molecule has 92 valence electrons. The molecule has 0 aliphatic rings. The first kappa shape index (κ1) is 13.7. The topological polar surface area (TPSA) is 9.23 Å². The molecule has 0 atom stereocenters. The summed E-state index contributed by atoms with van der Waals surface area (Å²) in [6.45, 7) is 0. The molecule has 0 aliphatic carbocycles. The molecule has 17 heavy (non-hydrogen) atoms. The highest BCUT2D eigenvalue weighted by Crippen LogP contribution is 2.24. The summed E-state index contributed by atoms with van der Waals surface area (Å²) in [4.78, 5) is 0. The Morgan fingerprint density at radius 1 is 1.29 bits per heavy atom. The molecule has 0 bridgehead atoms. The molecule has 1 nitrogen and oxygen atoms in total. The van der Waals surface area contributed by atoms with Crippen LogP contribution in [0.2, 0.25) is 0 Å². The van der Waals surface area contributed by atoms with Gasteiger partial charge in [0.05, 0.1) is 5.56 Å². The minimum atomic E-state index is -4.80. The fourth-order valence-corrected chi connectivity index (χ4v) is 1.12. The zero-order valence-electron chi connectivity index (χ0n) is 8.51. The Balaban J connectivity index is 2.92. The van der Waals surface area contributed by atoms with E-state index in [4.69, 9.17) is 0 Å². The summed E-state index contributed by atoms with van der Waals surface area (Å²) in [7, 11) is 0. The van der Waals surface area contributed by atoms with Crippen LogP contribution in [0.4, 0.5) is 17.6 Å². The Bertz CT molecular complexity index is 445. The molecule has 0 heterocycles. The maximum Gasteiger partial charge on any atom is 0.573 e. The molecule has 6 heteroatoms. The Hall–Kier alpha value is -1.35. The van der Waals surface area contributed by atoms with Crippen LogP contribution in [0.1, 0.15) is 12.0 Å². The van der Waals surface area contributed by atoms with Gasteiger partial charge < -0.3 is 4.74 Å². The van der Waals surface area contributed by atoms with E-state index in [1.54, 1.807) is 0 Å². The smallest absolute Gasteiger partial charge is 0.406 e. The van der Waals surface area contributed by atoms with Crippen LogP contribution in [0.5, 0.6) is 5.75 Å². The lowest BCUT2D eigenvalue weighted by molar-refractivity contribution is -0.274. The molecular formula is C11H8F4OS. The van der Waals surface area contributed by atoms with Crippen molar-refractivity contribution in [1.82, 2.24) is 0 Å². The van der Waals surface area contributed by atoms with Gasteiger partial charge in [0, 0.05) is 12.2 Å². The van der Waals surface area contributed by atoms with E-state index in [2.05, 4.69) is 29.2 Å². The summed E-state index contributed by atoms with van der Waals surface area (Å²) in [5.74, 6) is 4.31. The predicted octanol–water partition coefficient (Wildman–Crippen LogP) is 3.40. The summed E-state index contributed by atoms with van der Waals surface area (Å²) in [5.41, 5.74) is -0.131. The van der Waals surface area contributed by atoms with Crippen LogP contribution in [-0.2, 0) is 0 Å². The van der Waals surface area contributed by atoms with Crippen molar-refractivity contribution in [2.75, 3.05) is 5.75 Å². The number of ether oxygens (including phenoxy) is 1. The first-order valence-corrected chi connectivity index (χ1v) is 5.20. The van der Waals surface area contributed by atoms with E-state index in [9.17, 15) is 17.6 Å². The van der Waals surface area contributed by atoms with Crippen LogP contribution in [0.25, 0.3) is 0 Å². The average Bonchev–Trinajstić information content (AvgIpc) is 2.21. The molecule has 0 saturated carbocycles. The number of rotatable bonds is 2. The second kappa shape index (κ2) is 5.82.